The number of anilines is 1. The van der Waals surface area contributed by atoms with Crippen LogP contribution in [0.2, 0.25) is 0 Å². The molecule has 3 rings (SSSR count). The Morgan fingerprint density at radius 3 is 3.07 bits per heavy atom. The van der Waals surface area contributed by atoms with Crippen molar-refractivity contribution < 1.29 is 4.42 Å². The van der Waals surface area contributed by atoms with Crippen LogP contribution in [0.25, 0.3) is 22.4 Å². The minimum Gasteiger partial charge on any atom is -0.443 e. The molecule has 15 heavy (non-hydrogen) atoms. The number of nitrogens with two attached hydrogens (primary N) is 1. The third-order valence-corrected chi connectivity index (χ3v) is 2.25. The molecule has 0 fully saturated rings. The largest absolute Gasteiger partial charge is 0.443 e. The second-order valence-electron chi connectivity index (χ2n) is 3.21. The summed E-state index contributed by atoms with van der Waals surface area (Å²) in [7, 11) is 0. The zero-order valence-corrected chi connectivity index (χ0v) is 7.77. The zero-order chi connectivity index (χ0) is 10.3. The first kappa shape index (κ1) is 8.05. The molecule has 1 aromatic carbocycles. The van der Waals surface area contributed by atoms with Gasteiger partial charge < -0.3 is 10.2 Å². The molecule has 0 radical (unpaired) electrons. The van der Waals surface area contributed by atoms with Crippen LogP contribution in [-0.2, 0) is 0 Å². The quantitative estimate of drug-likeness (QED) is 0.627. The van der Waals surface area contributed by atoms with Crippen molar-refractivity contribution in [3.63, 3.8) is 0 Å². The number of H-pyrrole nitrogens is 1. The van der Waals surface area contributed by atoms with Crippen molar-refractivity contribution in [1.82, 2.24) is 15.2 Å². The summed E-state index contributed by atoms with van der Waals surface area (Å²) < 4.78 is 5.21. The van der Waals surface area contributed by atoms with Crippen LogP contribution in [0.15, 0.2) is 35.1 Å². The predicted molar refractivity (Wildman–Crippen MR) is 56.0 cm³/mol. The SMILES string of the molecule is Nc1cc(-c2cccc3ocnc23)[nH]n1. The normalized spacial score (nSPS) is 10.9. The number of nitrogen functional groups attached to an aromatic ring is 1. The lowest BCUT2D eigenvalue weighted by Crippen LogP contribution is -1.81. The number of fused-ring (bicyclic) bond motifs is 1. The zero-order valence-electron chi connectivity index (χ0n) is 7.77. The molecule has 2 aromatic heterocycles. The Kier molecular flexibility index (Phi) is 1.53. The summed E-state index contributed by atoms with van der Waals surface area (Å²) >= 11 is 0. The monoisotopic (exact) mass is 200 g/mol. The Bertz CT molecular complexity index is 610. The Balaban J connectivity index is 2.30. The van der Waals surface area contributed by atoms with Crippen molar-refractivity contribution >= 4 is 16.9 Å². The molecular formula is C10H8N4O. The summed E-state index contributed by atoms with van der Waals surface area (Å²) in [5, 5.41) is 6.73. The van der Waals surface area contributed by atoms with Gasteiger partial charge in [0.2, 0.25) is 0 Å². The fourth-order valence-corrected chi connectivity index (χ4v) is 1.58. The molecule has 0 amide bonds. The molecule has 0 bridgehead atoms. The van der Waals surface area contributed by atoms with Gasteiger partial charge >= 0.3 is 0 Å². The summed E-state index contributed by atoms with van der Waals surface area (Å²) in [5.74, 6) is 0.463. The average Bonchev–Trinajstić information content (AvgIpc) is 2.84. The maximum atomic E-state index is 5.55. The highest BCUT2D eigenvalue weighted by atomic mass is 16.3. The van der Waals surface area contributed by atoms with E-state index in [2.05, 4.69) is 15.2 Å². The van der Waals surface area contributed by atoms with Crippen LogP contribution in [0.4, 0.5) is 5.82 Å². The first-order valence-electron chi connectivity index (χ1n) is 4.48. The maximum absolute atomic E-state index is 5.55. The van der Waals surface area contributed by atoms with Crippen molar-refractivity contribution in [1.29, 1.82) is 0 Å². The van der Waals surface area contributed by atoms with Crippen LogP contribution < -0.4 is 5.73 Å². The van der Waals surface area contributed by atoms with E-state index >= 15 is 0 Å². The van der Waals surface area contributed by atoms with E-state index in [0.717, 1.165) is 22.4 Å². The van der Waals surface area contributed by atoms with E-state index in [1.165, 1.54) is 6.39 Å². The Morgan fingerprint density at radius 1 is 1.33 bits per heavy atom. The Morgan fingerprint density at radius 2 is 2.27 bits per heavy atom. The molecule has 5 nitrogen and oxygen atoms in total. The molecule has 0 aliphatic carbocycles. The molecule has 0 aliphatic heterocycles. The number of aromatic amines is 1. The molecular weight excluding hydrogens is 192 g/mol. The maximum Gasteiger partial charge on any atom is 0.182 e. The van der Waals surface area contributed by atoms with E-state index in [4.69, 9.17) is 10.2 Å². The van der Waals surface area contributed by atoms with E-state index in [0.29, 0.717) is 5.82 Å². The molecule has 5 heteroatoms. The first-order valence-corrected chi connectivity index (χ1v) is 4.48. The molecule has 0 saturated heterocycles. The number of benzene rings is 1. The van der Waals surface area contributed by atoms with Gasteiger partial charge in [0.05, 0.1) is 5.69 Å². The summed E-state index contributed by atoms with van der Waals surface area (Å²) in [4.78, 5) is 4.15. The summed E-state index contributed by atoms with van der Waals surface area (Å²) in [6.45, 7) is 0. The minimum absolute atomic E-state index is 0.463. The highest BCUT2D eigenvalue weighted by molar-refractivity contribution is 5.89. The van der Waals surface area contributed by atoms with Gasteiger partial charge in [-0.3, -0.25) is 5.10 Å². The molecule has 0 unspecified atom stereocenters. The van der Waals surface area contributed by atoms with Crippen LogP contribution in [0, 0.1) is 0 Å². The summed E-state index contributed by atoms with van der Waals surface area (Å²) in [5.41, 5.74) is 8.88. The predicted octanol–water partition coefficient (Wildman–Crippen LogP) is 1.80. The number of aromatic nitrogens is 3. The molecule has 3 N–H and O–H groups in total. The number of nitrogens with one attached hydrogen (secondary N) is 1. The lowest BCUT2D eigenvalue weighted by Gasteiger charge is -1.96. The van der Waals surface area contributed by atoms with Gasteiger partial charge in [0.1, 0.15) is 11.3 Å². The molecule has 74 valence electrons. The van der Waals surface area contributed by atoms with Crippen LogP contribution in [0.3, 0.4) is 0 Å². The Labute approximate surface area is 84.9 Å². The van der Waals surface area contributed by atoms with E-state index in [9.17, 15) is 0 Å². The lowest BCUT2D eigenvalue weighted by atomic mass is 10.1. The second-order valence-corrected chi connectivity index (χ2v) is 3.21. The topological polar surface area (TPSA) is 80.7 Å². The van der Waals surface area contributed by atoms with E-state index in [1.54, 1.807) is 6.07 Å². The molecule has 0 atom stereocenters. The first-order chi connectivity index (χ1) is 7.34. The highest BCUT2D eigenvalue weighted by Gasteiger charge is 2.08. The van der Waals surface area contributed by atoms with Crippen molar-refractivity contribution in [2.24, 2.45) is 0 Å². The standard InChI is InChI=1S/C10H8N4O/c11-9-4-7(13-14-9)6-2-1-3-8-10(6)12-5-15-8/h1-5H,(H3,11,13,14). The van der Waals surface area contributed by atoms with E-state index in [-0.39, 0.29) is 0 Å². The van der Waals surface area contributed by atoms with Gasteiger partial charge in [0.25, 0.3) is 0 Å². The number of hydrogen-bond acceptors (Lipinski definition) is 4. The average molecular weight is 200 g/mol. The molecule has 2 heterocycles. The van der Waals surface area contributed by atoms with Gasteiger partial charge in [-0.05, 0) is 6.07 Å². The van der Waals surface area contributed by atoms with Gasteiger partial charge in [-0.2, -0.15) is 5.10 Å². The molecule has 0 aliphatic rings. The van der Waals surface area contributed by atoms with Crippen molar-refractivity contribution in [2.45, 2.75) is 0 Å². The highest BCUT2D eigenvalue weighted by Crippen LogP contribution is 2.26. The smallest absolute Gasteiger partial charge is 0.182 e. The Hall–Kier alpha value is -2.30. The lowest BCUT2D eigenvalue weighted by molar-refractivity contribution is 0.602. The van der Waals surface area contributed by atoms with Crippen molar-refractivity contribution in [3.8, 4) is 11.3 Å². The van der Waals surface area contributed by atoms with Crippen LogP contribution in [0.5, 0.6) is 0 Å². The van der Waals surface area contributed by atoms with Crippen LogP contribution in [0.1, 0.15) is 0 Å². The van der Waals surface area contributed by atoms with Gasteiger partial charge in [-0.25, -0.2) is 4.98 Å². The second kappa shape index (κ2) is 2.84. The van der Waals surface area contributed by atoms with Gasteiger partial charge in [0, 0.05) is 11.6 Å². The van der Waals surface area contributed by atoms with Gasteiger partial charge in [0.15, 0.2) is 12.0 Å². The number of para-hydroxylation sites is 1. The van der Waals surface area contributed by atoms with Gasteiger partial charge in [-0.1, -0.05) is 12.1 Å². The number of oxazole rings is 1. The molecule has 0 saturated carbocycles. The molecule has 3 aromatic rings. The summed E-state index contributed by atoms with van der Waals surface area (Å²) in [6, 6.07) is 7.48. The van der Waals surface area contributed by atoms with Crippen molar-refractivity contribution in [3.05, 3.63) is 30.7 Å². The third kappa shape index (κ3) is 1.17. The van der Waals surface area contributed by atoms with Crippen LogP contribution >= 0.6 is 0 Å². The third-order valence-electron chi connectivity index (χ3n) is 2.25. The number of hydrogen-bond donors (Lipinski definition) is 2. The van der Waals surface area contributed by atoms with Gasteiger partial charge in [-0.15, -0.1) is 0 Å². The van der Waals surface area contributed by atoms with Crippen LogP contribution in [-0.4, -0.2) is 15.2 Å². The van der Waals surface area contributed by atoms with E-state index < -0.39 is 0 Å². The number of rotatable bonds is 1. The number of nitrogens with zero attached hydrogens (tertiary/aromatic N) is 2. The van der Waals surface area contributed by atoms with Crippen molar-refractivity contribution in [2.75, 3.05) is 5.73 Å². The minimum atomic E-state index is 0.463. The molecule has 0 spiro atoms. The fraction of sp³-hybridized carbons (Fsp3) is 0. The fourth-order valence-electron chi connectivity index (χ4n) is 1.58. The van der Waals surface area contributed by atoms with E-state index in [1.807, 2.05) is 18.2 Å². The summed E-state index contributed by atoms with van der Waals surface area (Å²) in [6.07, 6.45) is 1.42.